The van der Waals surface area contributed by atoms with Crippen LogP contribution in [0, 0.1) is 5.41 Å². The van der Waals surface area contributed by atoms with Gasteiger partial charge in [-0.25, -0.2) is 9.59 Å². The summed E-state index contributed by atoms with van der Waals surface area (Å²) in [4.78, 5) is 36.5. The van der Waals surface area contributed by atoms with Crippen LogP contribution in [0.3, 0.4) is 0 Å². The van der Waals surface area contributed by atoms with Crippen molar-refractivity contribution in [3.05, 3.63) is 96.1 Å². The Bertz CT molecular complexity index is 1310. The van der Waals surface area contributed by atoms with E-state index in [1.165, 1.54) is 13.0 Å². The summed E-state index contributed by atoms with van der Waals surface area (Å²) in [5.41, 5.74) is 4.26. The summed E-state index contributed by atoms with van der Waals surface area (Å²) >= 11 is 0. The molecule has 0 aliphatic carbocycles. The maximum absolute atomic E-state index is 12.3. The summed E-state index contributed by atoms with van der Waals surface area (Å²) < 4.78 is 16.3. The Balaban J connectivity index is 2.54. The Kier molecular flexibility index (Phi) is 10.1. The molecule has 0 bridgehead atoms. The molecule has 8 nitrogen and oxygen atoms in total. The van der Waals surface area contributed by atoms with Crippen LogP contribution in [0.5, 0.6) is 5.75 Å². The lowest BCUT2D eigenvalue weighted by atomic mass is 9.98. The SMILES string of the molecule is C=C(C)C(=N)OCc1ccc(-c2cc(NC(=O)C(=C)C)cc(OC(=O)C(=C)C)c2)cc1COC(=O)C(=C)C. The average Bonchev–Trinajstić information content (AvgIpc) is 2.85. The van der Waals surface area contributed by atoms with Crippen LogP contribution in [0.2, 0.25) is 0 Å². The summed E-state index contributed by atoms with van der Waals surface area (Å²) in [6.45, 7) is 20.9. The van der Waals surface area contributed by atoms with Gasteiger partial charge in [0.15, 0.2) is 0 Å². The molecule has 198 valence electrons. The zero-order valence-electron chi connectivity index (χ0n) is 22.2. The number of benzene rings is 2. The van der Waals surface area contributed by atoms with Gasteiger partial charge in [0.2, 0.25) is 5.90 Å². The second kappa shape index (κ2) is 13.0. The molecule has 0 aliphatic heterocycles. The molecule has 8 heteroatoms. The highest BCUT2D eigenvalue weighted by molar-refractivity contribution is 6.03. The topological polar surface area (TPSA) is 115 Å². The number of rotatable bonds is 11. The van der Waals surface area contributed by atoms with Crippen LogP contribution in [0.1, 0.15) is 38.8 Å². The zero-order valence-corrected chi connectivity index (χ0v) is 22.2. The van der Waals surface area contributed by atoms with Gasteiger partial charge in [-0.05, 0) is 68.1 Å². The smallest absolute Gasteiger partial charge is 0.338 e. The fourth-order valence-corrected chi connectivity index (χ4v) is 2.95. The van der Waals surface area contributed by atoms with Gasteiger partial charge in [0, 0.05) is 34.0 Å². The molecule has 0 spiro atoms. The molecular weight excluding hydrogens is 484 g/mol. The quantitative estimate of drug-likeness (QED) is 0.124. The first-order chi connectivity index (χ1) is 17.8. The molecule has 1 amide bonds. The minimum atomic E-state index is -0.612. The predicted molar refractivity (Wildman–Crippen MR) is 148 cm³/mol. The number of ether oxygens (including phenoxy) is 3. The Morgan fingerprint density at radius 1 is 0.737 bits per heavy atom. The fourth-order valence-electron chi connectivity index (χ4n) is 2.95. The Hall–Kier alpha value is -4.72. The van der Waals surface area contributed by atoms with E-state index in [0.29, 0.717) is 39.1 Å². The number of esters is 2. The first-order valence-electron chi connectivity index (χ1n) is 11.6. The van der Waals surface area contributed by atoms with E-state index in [2.05, 4.69) is 31.6 Å². The Morgan fingerprint density at radius 2 is 1.37 bits per heavy atom. The van der Waals surface area contributed by atoms with Crippen molar-refractivity contribution in [2.24, 2.45) is 0 Å². The van der Waals surface area contributed by atoms with Crippen molar-refractivity contribution in [2.75, 3.05) is 5.32 Å². The highest BCUT2D eigenvalue weighted by Crippen LogP contribution is 2.31. The number of nitrogens with one attached hydrogen (secondary N) is 2. The van der Waals surface area contributed by atoms with Gasteiger partial charge < -0.3 is 19.5 Å². The maximum Gasteiger partial charge on any atom is 0.338 e. The van der Waals surface area contributed by atoms with Crippen LogP contribution in [-0.4, -0.2) is 23.7 Å². The minimum Gasteiger partial charge on any atom is -0.473 e. The van der Waals surface area contributed by atoms with Gasteiger partial charge >= 0.3 is 11.9 Å². The molecule has 0 heterocycles. The Labute approximate surface area is 222 Å². The van der Waals surface area contributed by atoms with Gasteiger partial charge in [0.1, 0.15) is 19.0 Å². The molecule has 0 saturated heterocycles. The molecule has 2 aromatic rings. The van der Waals surface area contributed by atoms with E-state index in [1.54, 1.807) is 51.1 Å². The summed E-state index contributed by atoms with van der Waals surface area (Å²) in [5, 5.41) is 10.6. The third-order valence-electron chi connectivity index (χ3n) is 5.12. The van der Waals surface area contributed by atoms with Crippen molar-refractivity contribution in [2.45, 2.75) is 40.9 Å². The zero-order chi connectivity index (χ0) is 28.6. The van der Waals surface area contributed by atoms with Crippen molar-refractivity contribution in [3.63, 3.8) is 0 Å². The molecule has 2 aromatic carbocycles. The normalized spacial score (nSPS) is 10.1. The molecule has 0 saturated carbocycles. The van der Waals surface area contributed by atoms with Crippen LogP contribution in [-0.2, 0) is 37.1 Å². The second-order valence-electron chi connectivity index (χ2n) is 8.89. The number of anilines is 1. The average molecular weight is 517 g/mol. The molecular formula is C30H32N2O6. The van der Waals surface area contributed by atoms with Gasteiger partial charge in [0.05, 0.1) is 0 Å². The van der Waals surface area contributed by atoms with E-state index in [4.69, 9.17) is 19.6 Å². The molecule has 0 aromatic heterocycles. The summed E-state index contributed by atoms with van der Waals surface area (Å²) in [5.74, 6) is -1.40. The van der Waals surface area contributed by atoms with Crippen LogP contribution >= 0.6 is 0 Å². The van der Waals surface area contributed by atoms with E-state index in [9.17, 15) is 14.4 Å². The number of hydrogen-bond donors (Lipinski definition) is 2. The van der Waals surface area contributed by atoms with Crippen molar-refractivity contribution >= 4 is 29.4 Å². The summed E-state index contributed by atoms with van der Waals surface area (Å²) in [7, 11) is 0. The largest absolute Gasteiger partial charge is 0.473 e. The number of hydrogen-bond acceptors (Lipinski definition) is 7. The highest BCUT2D eigenvalue weighted by Gasteiger charge is 2.15. The predicted octanol–water partition coefficient (Wildman–Crippen LogP) is 6.04. The van der Waals surface area contributed by atoms with Gasteiger partial charge in [-0.15, -0.1) is 0 Å². The molecule has 0 unspecified atom stereocenters. The fraction of sp³-hybridized carbons (Fsp3) is 0.200. The third kappa shape index (κ3) is 8.44. The number of amides is 1. The third-order valence-corrected chi connectivity index (χ3v) is 5.12. The minimum absolute atomic E-state index is 0.0520. The molecule has 0 radical (unpaired) electrons. The number of carbonyl (C=O) groups is 3. The molecule has 0 aliphatic rings. The first-order valence-corrected chi connectivity index (χ1v) is 11.6. The standard InChI is InChI=1S/C30H32N2O6/c1-17(2)27(31)36-15-22-10-9-21(11-24(22)16-37-29(34)19(5)6)23-12-25(32-28(33)18(3)4)14-26(13-23)38-30(35)20(7)8/h9-14,31H,1,3,5,7,15-16H2,2,4,6,8H3,(H,32,33). The van der Waals surface area contributed by atoms with Crippen LogP contribution < -0.4 is 10.1 Å². The summed E-state index contributed by atoms with van der Waals surface area (Å²) in [6, 6.07) is 10.2. The Morgan fingerprint density at radius 3 is 1.95 bits per heavy atom. The molecule has 0 fully saturated rings. The number of carbonyl (C=O) groups excluding carboxylic acids is 3. The lowest BCUT2D eigenvalue weighted by Crippen LogP contribution is -2.13. The van der Waals surface area contributed by atoms with Gasteiger partial charge in [-0.2, -0.15) is 0 Å². The van der Waals surface area contributed by atoms with Crippen molar-refractivity contribution in [1.29, 1.82) is 5.41 Å². The van der Waals surface area contributed by atoms with E-state index >= 15 is 0 Å². The van der Waals surface area contributed by atoms with Gasteiger partial charge in [-0.3, -0.25) is 10.2 Å². The van der Waals surface area contributed by atoms with Crippen LogP contribution in [0.25, 0.3) is 11.1 Å². The van der Waals surface area contributed by atoms with E-state index in [-0.39, 0.29) is 41.9 Å². The summed E-state index contributed by atoms with van der Waals surface area (Å²) in [6.07, 6.45) is 0. The van der Waals surface area contributed by atoms with Gasteiger partial charge in [0.25, 0.3) is 5.91 Å². The van der Waals surface area contributed by atoms with E-state index < -0.39 is 11.9 Å². The first kappa shape index (κ1) is 29.5. The maximum atomic E-state index is 12.3. The molecule has 2 N–H and O–H groups in total. The van der Waals surface area contributed by atoms with E-state index in [1.807, 2.05) is 0 Å². The van der Waals surface area contributed by atoms with Crippen LogP contribution in [0.15, 0.2) is 85.0 Å². The monoisotopic (exact) mass is 516 g/mol. The molecule has 0 atom stereocenters. The highest BCUT2D eigenvalue weighted by atomic mass is 16.5. The van der Waals surface area contributed by atoms with Crippen molar-refractivity contribution < 1.29 is 28.6 Å². The van der Waals surface area contributed by atoms with E-state index in [0.717, 1.165) is 0 Å². The molecule has 38 heavy (non-hydrogen) atoms. The van der Waals surface area contributed by atoms with Crippen molar-refractivity contribution in [3.8, 4) is 16.9 Å². The molecule has 2 rings (SSSR count). The van der Waals surface area contributed by atoms with Crippen LogP contribution in [0.4, 0.5) is 5.69 Å². The van der Waals surface area contributed by atoms with Crippen molar-refractivity contribution in [1.82, 2.24) is 0 Å². The lowest BCUT2D eigenvalue weighted by Gasteiger charge is -2.16. The van der Waals surface area contributed by atoms with Gasteiger partial charge in [-0.1, -0.05) is 38.4 Å². The second-order valence-corrected chi connectivity index (χ2v) is 8.89. The lowest BCUT2D eigenvalue weighted by molar-refractivity contribution is -0.140.